The van der Waals surface area contributed by atoms with Gasteiger partial charge in [0.15, 0.2) is 13.1 Å². The van der Waals surface area contributed by atoms with Crippen LogP contribution in [0.3, 0.4) is 0 Å². The Morgan fingerprint density at radius 3 is 2.18 bits per heavy atom. The van der Waals surface area contributed by atoms with E-state index in [9.17, 15) is 0 Å². The second-order valence-electron chi connectivity index (χ2n) is 5.37. The molecule has 4 heteroatoms. The highest BCUT2D eigenvalue weighted by Gasteiger charge is 2.07. The second kappa shape index (κ2) is 18.5. The van der Waals surface area contributed by atoms with Crippen LogP contribution < -0.4 is 0 Å². The van der Waals surface area contributed by atoms with Crippen molar-refractivity contribution in [2.45, 2.75) is 78.4 Å². The Kier molecular flexibility index (Phi) is 18.0. The number of hydrogen-bond donors (Lipinski definition) is 0. The first-order valence-electron chi connectivity index (χ1n) is 8.92. The number of ether oxygens (including phenoxy) is 4. The van der Waals surface area contributed by atoms with Crippen LogP contribution in [0.25, 0.3) is 0 Å². The predicted molar refractivity (Wildman–Crippen MR) is 90.7 cm³/mol. The van der Waals surface area contributed by atoms with E-state index in [4.69, 9.17) is 18.9 Å². The Hall–Kier alpha value is -0.580. The van der Waals surface area contributed by atoms with Crippen LogP contribution in [0.15, 0.2) is 12.3 Å². The van der Waals surface area contributed by atoms with Crippen molar-refractivity contribution in [2.24, 2.45) is 0 Å². The third kappa shape index (κ3) is 15.8. The van der Waals surface area contributed by atoms with Crippen LogP contribution >= 0.6 is 0 Å². The number of unbranched alkanes of at least 4 members (excludes halogenated alkanes) is 3. The molecule has 0 amide bonds. The fraction of sp³-hybridized carbons (Fsp3) is 0.889. The molecule has 22 heavy (non-hydrogen) atoms. The van der Waals surface area contributed by atoms with E-state index in [0.717, 1.165) is 71.2 Å². The molecule has 0 radical (unpaired) electrons. The first-order chi connectivity index (χ1) is 10.8. The van der Waals surface area contributed by atoms with Crippen LogP contribution in [0.4, 0.5) is 0 Å². The quantitative estimate of drug-likeness (QED) is 0.214. The summed E-state index contributed by atoms with van der Waals surface area (Å²) in [5, 5.41) is 0. The second-order valence-corrected chi connectivity index (χ2v) is 5.37. The Bertz CT molecular complexity index is 223. The molecule has 0 aliphatic heterocycles. The van der Waals surface area contributed by atoms with E-state index in [1.54, 1.807) is 6.26 Å². The van der Waals surface area contributed by atoms with Crippen molar-refractivity contribution in [2.75, 3.05) is 26.6 Å². The normalized spacial score (nSPS) is 11.6. The summed E-state index contributed by atoms with van der Waals surface area (Å²) < 4.78 is 22.0. The molecule has 4 nitrogen and oxygen atoms in total. The van der Waals surface area contributed by atoms with E-state index in [1.165, 1.54) is 0 Å². The van der Waals surface area contributed by atoms with Gasteiger partial charge in [-0.05, 0) is 51.0 Å². The minimum absolute atomic E-state index is 0.0351. The van der Waals surface area contributed by atoms with Crippen LogP contribution in [-0.2, 0) is 18.9 Å². The van der Waals surface area contributed by atoms with Crippen molar-refractivity contribution < 1.29 is 18.9 Å². The predicted octanol–water partition coefficient (Wildman–Crippen LogP) is 5.03. The fourth-order valence-corrected chi connectivity index (χ4v) is 1.82. The molecule has 0 saturated heterocycles. The van der Waals surface area contributed by atoms with Crippen molar-refractivity contribution in [1.29, 1.82) is 0 Å². The Morgan fingerprint density at radius 2 is 1.55 bits per heavy atom. The molecule has 0 aliphatic rings. The van der Waals surface area contributed by atoms with E-state index in [1.807, 2.05) is 0 Å². The van der Waals surface area contributed by atoms with Gasteiger partial charge < -0.3 is 18.9 Å². The highest BCUT2D eigenvalue weighted by atomic mass is 16.7. The lowest BCUT2D eigenvalue weighted by Crippen LogP contribution is -2.18. The zero-order valence-electron chi connectivity index (χ0n) is 14.9. The third-order valence-electron chi connectivity index (χ3n) is 3.06. The van der Waals surface area contributed by atoms with E-state index >= 15 is 0 Å². The van der Waals surface area contributed by atoms with Gasteiger partial charge in [0.2, 0.25) is 0 Å². The topological polar surface area (TPSA) is 36.9 Å². The summed E-state index contributed by atoms with van der Waals surface area (Å²) in [6, 6.07) is 0. The minimum atomic E-state index is -0.0351. The molecular weight excluding hydrogens is 280 g/mol. The maximum absolute atomic E-state index is 5.70. The van der Waals surface area contributed by atoms with Gasteiger partial charge in [0, 0.05) is 13.2 Å². The summed E-state index contributed by atoms with van der Waals surface area (Å²) in [6.45, 7) is 9.08. The van der Waals surface area contributed by atoms with Crippen LogP contribution in [0.5, 0.6) is 0 Å². The van der Waals surface area contributed by atoms with Gasteiger partial charge in [-0.2, -0.15) is 0 Å². The van der Waals surface area contributed by atoms with Crippen LogP contribution in [-0.4, -0.2) is 32.9 Å². The summed E-state index contributed by atoms with van der Waals surface area (Å²) in [7, 11) is 0. The lowest BCUT2D eigenvalue weighted by atomic mass is 10.2. The average Bonchev–Trinajstić information content (AvgIpc) is 2.54. The molecular formula is C18H36O4. The van der Waals surface area contributed by atoms with Gasteiger partial charge in [0.1, 0.15) is 0 Å². The van der Waals surface area contributed by atoms with Gasteiger partial charge >= 0.3 is 0 Å². The molecule has 0 saturated carbocycles. The molecule has 0 unspecified atom stereocenters. The fourth-order valence-electron chi connectivity index (χ4n) is 1.82. The van der Waals surface area contributed by atoms with Gasteiger partial charge in [-0.15, -0.1) is 0 Å². The van der Waals surface area contributed by atoms with Crippen LogP contribution in [0, 0.1) is 0 Å². The highest BCUT2D eigenvalue weighted by molar-refractivity contribution is 4.72. The van der Waals surface area contributed by atoms with Gasteiger partial charge in [0.25, 0.3) is 0 Å². The summed E-state index contributed by atoms with van der Waals surface area (Å²) in [5.74, 6) is 0. The van der Waals surface area contributed by atoms with E-state index in [-0.39, 0.29) is 6.29 Å². The smallest absolute Gasteiger partial charge is 0.188 e. The van der Waals surface area contributed by atoms with E-state index < -0.39 is 0 Å². The lowest BCUT2D eigenvalue weighted by Gasteiger charge is -2.17. The highest BCUT2D eigenvalue weighted by Crippen LogP contribution is 2.10. The van der Waals surface area contributed by atoms with E-state index in [0.29, 0.717) is 6.79 Å². The van der Waals surface area contributed by atoms with Gasteiger partial charge in [0.05, 0.1) is 12.9 Å². The maximum Gasteiger partial charge on any atom is 0.188 e. The largest absolute Gasteiger partial charge is 0.475 e. The number of rotatable bonds is 17. The number of hydrogen-bond acceptors (Lipinski definition) is 4. The first kappa shape index (κ1) is 21.4. The van der Waals surface area contributed by atoms with Crippen molar-refractivity contribution >= 4 is 0 Å². The molecule has 0 spiro atoms. The number of allylic oxidation sites excluding steroid dienone is 1. The molecule has 0 bridgehead atoms. The summed E-state index contributed by atoms with van der Waals surface area (Å²) >= 11 is 0. The minimum Gasteiger partial charge on any atom is -0.475 e. The molecule has 0 N–H and O–H groups in total. The van der Waals surface area contributed by atoms with Gasteiger partial charge in [-0.1, -0.05) is 27.2 Å². The molecule has 0 atom stereocenters. The summed E-state index contributed by atoms with van der Waals surface area (Å²) in [5.41, 5.74) is 0. The lowest BCUT2D eigenvalue weighted by molar-refractivity contribution is -0.146. The monoisotopic (exact) mass is 316 g/mol. The SMILES string of the molecule is CCCCOCOC=CCCCCC(OCCC)OCCC. The Morgan fingerprint density at radius 1 is 0.818 bits per heavy atom. The van der Waals surface area contributed by atoms with Crippen LogP contribution in [0.1, 0.15) is 72.1 Å². The van der Waals surface area contributed by atoms with E-state index in [2.05, 4.69) is 26.8 Å². The maximum atomic E-state index is 5.70. The van der Waals surface area contributed by atoms with Crippen molar-refractivity contribution in [3.63, 3.8) is 0 Å². The molecule has 0 heterocycles. The van der Waals surface area contributed by atoms with Crippen molar-refractivity contribution in [3.8, 4) is 0 Å². The molecule has 0 aromatic rings. The Balaban J connectivity index is 3.46. The zero-order valence-corrected chi connectivity index (χ0v) is 14.9. The molecule has 0 aromatic carbocycles. The molecule has 0 aromatic heterocycles. The van der Waals surface area contributed by atoms with Gasteiger partial charge in [-0.25, -0.2) is 0 Å². The summed E-state index contributed by atoms with van der Waals surface area (Å²) in [6.07, 6.45) is 12.3. The standard InChI is InChI=1S/C18H36O4/c1-4-7-15-19-17-20-16-11-9-8-10-12-18(21-13-5-2)22-14-6-3/h11,16,18H,4-10,12-15,17H2,1-3H3. The Labute approximate surface area is 137 Å². The van der Waals surface area contributed by atoms with Gasteiger partial charge in [-0.3, -0.25) is 0 Å². The molecule has 0 fully saturated rings. The van der Waals surface area contributed by atoms with Crippen molar-refractivity contribution in [3.05, 3.63) is 12.3 Å². The summed E-state index contributed by atoms with van der Waals surface area (Å²) in [4.78, 5) is 0. The molecule has 0 rings (SSSR count). The molecule has 132 valence electrons. The van der Waals surface area contributed by atoms with Crippen molar-refractivity contribution in [1.82, 2.24) is 0 Å². The average molecular weight is 316 g/mol. The zero-order chi connectivity index (χ0) is 16.3. The third-order valence-corrected chi connectivity index (χ3v) is 3.06. The van der Waals surface area contributed by atoms with Crippen LogP contribution in [0.2, 0.25) is 0 Å². The first-order valence-corrected chi connectivity index (χ1v) is 8.92. The molecule has 0 aliphatic carbocycles.